The molecule has 0 aliphatic carbocycles. The molecule has 2 aromatic carbocycles. The van der Waals surface area contributed by atoms with E-state index in [1.54, 1.807) is 12.1 Å². The summed E-state index contributed by atoms with van der Waals surface area (Å²) in [6.07, 6.45) is 0. The second-order valence-electron chi connectivity index (χ2n) is 6.56. The Balaban J connectivity index is 1.44. The molecule has 3 aromatic rings. The number of rotatable bonds is 4. The number of aromatic nitrogens is 1. The average Bonchev–Trinajstić information content (AvgIpc) is 3.23. The molecule has 1 aromatic heterocycles. The first-order valence-electron chi connectivity index (χ1n) is 8.43. The van der Waals surface area contributed by atoms with E-state index in [-0.39, 0.29) is 11.9 Å². The lowest BCUT2D eigenvalue weighted by molar-refractivity contribution is 0.270. The van der Waals surface area contributed by atoms with Crippen molar-refractivity contribution in [1.29, 1.82) is 0 Å². The molecule has 25 heavy (non-hydrogen) atoms. The van der Waals surface area contributed by atoms with E-state index in [0.717, 1.165) is 30.1 Å². The number of hydrogen-bond acceptors (Lipinski definition) is 4. The predicted octanol–water partition coefficient (Wildman–Crippen LogP) is 3.41. The van der Waals surface area contributed by atoms with Gasteiger partial charge in [-0.1, -0.05) is 35.5 Å². The summed E-state index contributed by atoms with van der Waals surface area (Å²) in [7, 11) is 0. The van der Waals surface area contributed by atoms with Gasteiger partial charge in [0, 0.05) is 36.7 Å². The van der Waals surface area contributed by atoms with E-state index in [1.165, 1.54) is 17.7 Å². The fourth-order valence-electron chi connectivity index (χ4n) is 3.46. The van der Waals surface area contributed by atoms with Gasteiger partial charge in [0.15, 0.2) is 5.76 Å². The Hall–Kier alpha value is -2.50. The predicted molar refractivity (Wildman–Crippen MR) is 94.3 cm³/mol. The Kier molecular flexibility index (Phi) is 4.34. The lowest BCUT2D eigenvalue weighted by atomic mass is 9.95. The van der Waals surface area contributed by atoms with E-state index in [9.17, 15) is 4.39 Å². The van der Waals surface area contributed by atoms with Gasteiger partial charge in [-0.3, -0.25) is 4.90 Å². The molecule has 1 aliphatic rings. The van der Waals surface area contributed by atoms with Crippen LogP contribution < -0.4 is 5.73 Å². The first kappa shape index (κ1) is 16.0. The standard InChI is InChI=1S/C20H20FN3O/c21-16-8-6-15(7-9-16)20-10-17(25-23-20)11-24-12-18(19(22)13-24)14-4-2-1-3-5-14/h1-10,18-19H,11-13,22H2/t18-,19+/m0/s1. The number of likely N-dealkylation sites (tertiary alicyclic amines) is 1. The van der Waals surface area contributed by atoms with Crippen molar-refractivity contribution in [2.75, 3.05) is 13.1 Å². The van der Waals surface area contributed by atoms with Crippen LogP contribution in [0.1, 0.15) is 17.2 Å². The Morgan fingerprint density at radius 1 is 1.08 bits per heavy atom. The minimum absolute atomic E-state index is 0.113. The highest BCUT2D eigenvalue weighted by molar-refractivity contribution is 5.58. The minimum Gasteiger partial charge on any atom is -0.359 e. The van der Waals surface area contributed by atoms with Crippen LogP contribution in [-0.4, -0.2) is 29.2 Å². The SMILES string of the molecule is N[C@@H]1CN(Cc2cc(-c3ccc(F)cc3)no2)C[C@H]1c1ccccc1. The highest BCUT2D eigenvalue weighted by atomic mass is 19.1. The molecule has 4 rings (SSSR count). The van der Waals surface area contributed by atoms with Crippen molar-refractivity contribution >= 4 is 0 Å². The summed E-state index contributed by atoms with van der Waals surface area (Å²) >= 11 is 0. The summed E-state index contributed by atoms with van der Waals surface area (Å²) in [4.78, 5) is 2.29. The minimum atomic E-state index is -0.259. The summed E-state index contributed by atoms with van der Waals surface area (Å²) in [6, 6.07) is 18.7. The molecule has 5 heteroatoms. The summed E-state index contributed by atoms with van der Waals surface area (Å²) in [5.74, 6) is 0.867. The number of nitrogens with zero attached hydrogens (tertiary/aromatic N) is 2. The Bertz CT molecular complexity index is 832. The molecule has 2 atom stereocenters. The number of nitrogens with two attached hydrogens (primary N) is 1. The molecule has 128 valence electrons. The van der Waals surface area contributed by atoms with Crippen molar-refractivity contribution in [3.05, 3.63) is 77.8 Å². The zero-order valence-electron chi connectivity index (χ0n) is 13.8. The fraction of sp³-hybridized carbons (Fsp3) is 0.250. The van der Waals surface area contributed by atoms with E-state index >= 15 is 0 Å². The second kappa shape index (κ2) is 6.78. The van der Waals surface area contributed by atoms with Crippen LogP contribution in [0.3, 0.4) is 0 Å². The Morgan fingerprint density at radius 2 is 1.84 bits per heavy atom. The lowest BCUT2D eigenvalue weighted by Crippen LogP contribution is -2.28. The van der Waals surface area contributed by atoms with Crippen LogP contribution in [0.5, 0.6) is 0 Å². The molecule has 4 nitrogen and oxygen atoms in total. The third kappa shape index (κ3) is 3.48. The molecule has 1 aliphatic heterocycles. The molecule has 0 radical (unpaired) electrons. The third-order valence-electron chi connectivity index (χ3n) is 4.75. The molecule has 2 heterocycles. The lowest BCUT2D eigenvalue weighted by Gasteiger charge is -2.14. The molecule has 0 spiro atoms. The van der Waals surface area contributed by atoms with Gasteiger partial charge in [0.2, 0.25) is 0 Å². The van der Waals surface area contributed by atoms with Gasteiger partial charge in [0.05, 0.1) is 6.54 Å². The molecule has 2 N–H and O–H groups in total. The summed E-state index contributed by atoms with van der Waals surface area (Å²) in [6.45, 7) is 2.40. The Morgan fingerprint density at radius 3 is 2.60 bits per heavy atom. The normalized spacial score (nSPS) is 20.9. The maximum absolute atomic E-state index is 13.0. The van der Waals surface area contributed by atoms with Crippen molar-refractivity contribution in [1.82, 2.24) is 10.1 Å². The summed E-state index contributed by atoms with van der Waals surface area (Å²) < 4.78 is 18.5. The molecule has 0 saturated carbocycles. The molecule has 1 saturated heterocycles. The van der Waals surface area contributed by atoms with Crippen LogP contribution in [0.25, 0.3) is 11.3 Å². The summed E-state index contributed by atoms with van der Waals surface area (Å²) in [5, 5.41) is 4.10. The fourth-order valence-corrected chi connectivity index (χ4v) is 3.46. The van der Waals surface area contributed by atoms with Crippen molar-refractivity contribution < 1.29 is 8.91 Å². The maximum Gasteiger partial charge on any atom is 0.151 e. The van der Waals surface area contributed by atoms with E-state index in [1.807, 2.05) is 12.1 Å². The highest BCUT2D eigenvalue weighted by Crippen LogP contribution is 2.28. The highest BCUT2D eigenvalue weighted by Gasteiger charge is 2.31. The maximum atomic E-state index is 13.0. The molecule has 0 amide bonds. The van der Waals surface area contributed by atoms with Crippen LogP contribution in [0.15, 0.2) is 65.2 Å². The van der Waals surface area contributed by atoms with Gasteiger partial charge in [-0.2, -0.15) is 0 Å². The molecule has 1 fully saturated rings. The first-order chi connectivity index (χ1) is 12.2. The van der Waals surface area contributed by atoms with Crippen molar-refractivity contribution in [2.24, 2.45) is 5.73 Å². The monoisotopic (exact) mass is 337 g/mol. The van der Waals surface area contributed by atoms with Crippen LogP contribution in [-0.2, 0) is 6.54 Å². The van der Waals surface area contributed by atoms with E-state index in [2.05, 4.69) is 34.3 Å². The van der Waals surface area contributed by atoms with Crippen LogP contribution >= 0.6 is 0 Å². The van der Waals surface area contributed by atoms with Gasteiger partial charge in [-0.25, -0.2) is 4.39 Å². The first-order valence-corrected chi connectivity index (χ1v) is 8.43. The topological polar surface area (TPSA) is 55.3 Å². The van der Waals surface area contributed by atoms with Gasteiger partial charge in [-0.15, -0.1) is 0 Å². The number of benzene rings is 2. The van der Waals surface area contributed by atoms with Gasteiger partial charge < -0.3 is 10.3 Å². The van der Waals surface area contributed by atoms with E-state index in [0.29, 0.717) is 12.5 Å². The van der Waals surface area contributed by atoms with Crippen molar-refractivity contribution in [2.45, 2.75) is 18.5 Å². The second-order valence-corrected chi connectivity index (χ2v) is 6.56. The zero-order chi connectivity index (χ0) is 17.2. The van der Waals surface area contributed by atoms with Gasteiger partial charge >= 0.3 is 0 Å². The Labute approximate surface area is 146 Å². The van der Waals surface area contributed by atoms with Crippen molar-refractivity contribution in [3.63, 3.8) is 0 Å². The quantitative estimate of drug-likeness (QED) is 0.793. The smallest absolute Gasteiger partial charge is 0.151 e. The van der Waals surface area contributed by atoms with E-state index in [4.69, 9.17) is 10.3 Å². The van der Waals surface area contributed by atoms with Gasteiger partial charge in [0.25, 0.3) is 0 Å². The molecule has 0 bridgehead atoms. The van der Waals surface area contributed by atoms with Gasteiger partial charge in [0.1, 0.15) is 11.5 Å². The molecular formula is C20H20FN3O. The zero-order valence-corrected chi connectivity index (χ0v) is 13.8. The molecule has 0 unspecified atom stereocenters. The summed E-state index contributed by atoms with van der Waals surface area (Å²) in [5.41, 5.74) is 9.19. The average molecular weight is 337 g/mol. The number of hydrogen-bond donors (Lipinski definition) is 1. The molecular weight excluding hydrogens is 317 g/mol. The third-order valence-corrected chi connectivity index (χ3v) is 4.75. The van der Waals surface area contributed by atoms with Crippen molar-refractivity contribution in [3.8, 4) is 11.3 Å². The largest absolute Gasteiger partial charge is 0.359 e. The van der Waals surface area contributed by atoms with Crippen LogP contribution in [0.2, 0.25) is 0 Å². The number of halogens is 1. The van der Waals surface area contributed by atoms with Crippen LogP contribution in [0, 0.1) is 5.82 Å². The van der Waals surface area contributed by atoms with Crippen LogP contribution in [0.4, 0.5) is 4.39 Å². The van der Waals surface area contributed by atoms with E-state index < -0.39 is 0 Å². The van der Waals surface area contributed by atoms with Gasteiger partial charge in [-0.05, 0) is 29.8 Å².